The third kappa shape index (κ3) is 4.60. The molecule has 0 atom stereocenters. The molecule has 1 aromatic carbocycles. The second-order valence-corrected chi connectivity index (χ2v) is 4.47. The fourth-order valence-corrected chi connectivity index (χ4v) is 1.73. The lowest BCUT2D eigenvalue weighted by Crippen LogP contribution is -2.18. The fraction of sp³-hybridized carbons (Fsp3) is 0.300. The number of thiocarbonyl (C=S) groups is 1. The van der Waals surface area contributed by atoms with E-state index in [0.29, 0.717) is 5.75 Å². The number of benzene rings is 1. The summed E-state index contributed by atoms with van der Waals surface area (Å²) < 4.78 is 0.739. The topological polar surface area (TPSA) is 32.3 Å². The van der Waals surface area contributed by atoms with Crippen molar-refractivity contribution in [3.05, 3.63) is 35.9 Å². The Morgan fingerprint density at radius 1 is 1.36 bits per heavy atom. The third-order valence-corrected chi connectivity index (χ3v) is 2.90. The highest BCUT2D eigenvalue weighted by Gasteiger charge is 1.96. The molecule has 0 fully saturated rings. The van der Waals surface area contributed by atoms with Crippen molar-refractivity contribution in [1.82, 2.24) is 5.32 Å². The molecule has 0 aliphatic rings. The van der Waals surface area contributed by atoms with E-state index >= 15 is 0 Å². The van der Waals surface area contributed by atoms with Gasteiger partial charge in [0.1, 0.15) is 4.32 Å². The minimum Gasteiger partial charge on any atom is -0.396 e. The molecule has 1 aromatic rings. The Bertz CT molecular complexity index is 277. The van der Waals surface area contributed by atoms with E-state index in [1.165, 1.54) is 17.3 Å². The molecule has 0 saturated heterocycles. The lowest BCUT2D eigenvalue weighted by molar-refractivity contribution is 0.323. The largest absolute Gasteiger partial charge is 0.396 e. The minimum atomic E-state index is 0.165. The van der Waals surface area contributed by atoms with E-state index in [0.717, 1.165) is 10.9 Å². The molecule has 0 saturated carbocycles. The van der Waals surface area contributed by atoms with Gasteiger partial charge in [-0.15, -0.1) is 0 Å². The zero-order chi connectivity index (χ0) is 10.2. The molecule has 4 heteroatoms. The zero-order valence-corrected chi connectivity index (χ0v) is 9.40. The van der Waals surface area contributed by atoms with Crippen molar-refractivity contribution in [3.63, 3.8) is 0 Å². The predicted molar refractivity (Wildman–Crippen MR) is 65.4 cm³/mol. The highest BCUT2D eigenvalue weighted by Crippen LogP contribution is 2.03. The first-order valence-electron chi connectivity index (χ1n) is 4.38. The number of aliphatic hydroxyl groups is 1. The van der Waals surface area contributed by atoms with Gasteiger partial charge in [-0.25, -0.2) is 0 Å². The maximum atomic E-state index is 8.59. The van der Waals surface area contributed by atoms with Gasteiger partial charge in [0, 0.05) is 12.3 Å². The number of hydrogen-bond donors (Lipinski definition) is 2. The number of rotatable bonds is 4. The molecule has 2 N–H and O–H groups in total. The normalized spacial score (nSPS) is 9.79. The van der Waals surface area contributed by atoms with Crippen LogP contribution >= 0.6 is 24.0 Å². The summed E-state index contributed by atoms with van der Waals surface area (Å²) in [6.07, 6.45) is 0. The van der Waals surface area contributed by atoms with Crippen LogP contribution in [0.2, 0.25) is 0 Å². The van der Waals surface area contributed by atoms with Crippen LogP contribution in [-0.4, -0.2) is 21.8 Å². The summed E-state index contributed by atoms with van der Waals surface area (Å²) in [5.41, 5.74) is 1.21. The summed E-state index contributed by atoms with van der Waals surface area (Å²) in [4.78, 5) is 0. The Morgan fingerprint density at radius 3 is 2.71 bits per heavy atom. The molecule has 0 heterocycles. The van der Waals surface area contributed by atoms with Crippen molar-refractivity contribution in [2.75, 3.05) is 12.4 Å². The first kappa shape index (κ1) is 11.5. The van der Waals surface area contributed by atoms with Crippen LogP contribution in [0.3, 0.4) is 0 Å². The average Bonchev–Trinajstić information content (AvgIpc) is 2.25. The van der Waals surface area contributed by atoms with Crippen molar-refractivity contribution < 1.29 is 5.11 Å². The quantitative estimate of drug-likeness (QED) is 0.768. The average molecular weight is 227 g/mol. The number of hydrogen-bond acceptors (Lipinski definition) is 3. The lowest BCUT2D eigenvalue weighted by atomic mass is 10.2. The Balaban J connectivity index is 2.24. The summed E-state index contributed by atoms with van der Waals surface area (Å²) in [6.45, 7) is 0.913. The SMILES string of the molecule is OCCSC(=S)NCc1ccccc1. The van der Waals surface area contributed by atoms with Gasteiger partial charge >= 0.3 is 0 Å². The molecule has 0 spiro atoms. The van der Waals surface area contributed by atoms with Gasteiger partial charge in [0.15, 0.2) is 0 Å². The first-order valence-corrected chi connectivity index (χ1v) is 5.77. The maximum absolute atomic E-state index is 8.59. The van der Waals surface area contributed by atoms with E-state index in [2.05, 4.69) is 5.32 Å². The molecule has 0 bridgehead atoms. The molecular formula is C10H13NOS2. The summed E-state index contributed by atoms with van der Waals surface area (Å²) in [5.74, 6) is 0.653. The van der Waals surface area contributed by atoms with Gasteiger partial charge in [-0.1, -0.05) is 54.3 Å². The standard InChI is InChI=1S/C10H13NOS2/c12-6-7-14-10(13)11-8-9-4-2-1-3-5-9/h1-5,12H,6-8H2,(H,11,13). The van der Waals surface area contributed by atoms with Crippen LogP contribution in [0.4, 0.5) is 0 Å². The van der Waals surface area contributed by atoms with Crippen molar-refractivity contribution in [2.24, 2.45) is 0 Å². The van der Waals surface area contributed by atoms with Gasteiger partial charge in [0.25, 0.3) is 0 Å². The maximum Gasteiger partial charge on any atom is 0.134 e. The molecular weight excluding hydrogens is 214 g/mol. The summed E-state index contributed by atoms with van der Waals surface area (Å²) in [7, 11) is 0. The molecule has 1 rings (SSSR count). The Labute approximate surface area is 93.7 Å². The molecule has 14 heavy (non-hydrogen) atoms. The van der Waals surface area contributed by atoms with Gasteiger partial charge in [-0.05, 0) is 5.56 Å². The van der Waals surface area contributed by atoms with Crippen LogP contribution < -0.4 is 5.32 Å². The number of aliphatic hydroxyl groups excluding tert-OH is 1. The van der Waals surface area contributed by atoms with Gasteiger partial charge in [-0.2, -0.15) is 0 Å². The van der Waals surface area contributed by atoms with Crippen LogP contribution in [0.15, 0.2) is 30.3 Å². The van der Waals surface area contributed by atoms with Crippen LogP contribution in [0, 0.1) is 0 Å². The molecule has 0 amide bonds. The van der Waals surface area contributed by atoms with Gasteiger partial charge < -0.3 is 10.4 Å². The van der Waals surface area contributed by atoms with E-state index in [-0.39, 0.29) is 6.61 Å². The number of thioether (sulfide) groups is 1. The van der Waals surface area contributed by atoms with E-state index in [4.69, 9.17) is 17.3 Å². The second kappa shape index (κ2) is 6.81. The summed E-state index contributed by atoms with van der Waals surface area (Å²) >= 11 is 6.53. The number of nitrogens with one attached hydrogen (secondary N) is 1. The third-order valence-electron chi connectivity index (χ3n) is 1.60. The monoisotopic (exact) mass is 227 g/mol. The predicted octanol–water partition coefficient (Wildman–Crippen LogP) is 1.79. The van der Waals surface area contributed by atoms with Gasteiger partial charge in [0.2, 0.25) is 0 Å². The summed E-state index contributed by atoms with van der Waals surface area (Å²) in [5, 5.41) is 11.7. The molecule has 0 aliphatic carbocycles. The highest BCUT2D eigenvalue weighted by molar-refractivity contribution is 8.22. The minimum absolute atomic E-state index is 0.165. The molecule has 0 radical (unpaired) electrons. The van der Waals surface area contributed by atoms with Crippen molar-refractivity contribution >= 4 is 28.3 Å². The Kier molecular flexibility index (Phi) is 5.59. The molecule has 0 aliphatic heterocycles. The molecule has 76 valence electrons. The van der Waals surface area contributed by atoms with Crippen molar-refractivity contribution in [1.29, 1.82) is 0 Å². The lowest BCUT2D eigenvalue weighted by Gasteiger charge is -2.06. The van der Waals surface area contributed by atoms with Crippen LogP contribution in [-0.2, 0) is 6.54 Å². The van der Waals surface area contributed by atoms with Crippen molar-refractivity contribution in [3.8, 4) is 0 Å². The smallest absolute Gasteiger partial charge is 0.134 e. The van der Waals surface area contributed by atoms with E-state index < -0.39 is 0 Å². The van der Waals surface area contributed by atoms with E-state index in [1.807, 2.05) is 30.3 Å². The molecule has 0 aromatic heterocycles. The van der Waals surface area contributed by atoms with Crippen LogP contribution in [0.1, 0.15) is 5.56 Å². The first-order chi connectivity index (χ1) is 6.83. The Morgan fingerprint density at radius 2 is 2.07 bits per heavy atom. The molecule has 2 nitrogen and oxygen atoms in total. The van der Waals surface area contributed by atoms with E-state index in [1.54, 1.807) is 0 Å². The van der Waals surface area contributed by atoms with Gasteiger partial charge in [-0.3, -0.25) is 0 Å². The zero-order valence-electron chi connectivity index (χ0n) is 7.77. The highest BCUT2D eigenvalue weighted by atomic mass is 32.2. The second-order valence-electron chi connectivity index (χ2n) is 2.70. The fourth-order valence-electron chi connectivity index (χ4n) is 0.959. The molecule has 0 unspecified atom stereocenters. The van der Waals surface area contributed by atoms with Crippen molar-refractivity contribution in [2.45, 2.75) is 6.54 Å². The van der Waals surface area contributed by atoms with Crippen LogP contribution in [0.5, 0.6) is 0 Å². The van der Waals surface area contributed by atoms with E-state index in [9.17, 15) is 0 Å². The summed E-state index contributed by atoms with van der Waals surface area (Å²) in [6, 6.07) is 10.1. The van der Waals surface area contributed by atoms with Gasteiger partial charge in [0.05, 0.1) is 6.61 Å². The Hall–Kier alpha value is -0.580. The van der Waals surface area contributed by atoms with Crippen LogP contribution in [0.25, 0.3) is 0 Å².